The van der Waals surface area contributed by atoms with E-state index < -0.39 is 6.09 Å². The number of amides is 2. The molecule has 0 aliphatic carbocycles. The van der Waals surface area contributed by atoms with Crippen LogP contribution in [-0.2, 0) is 9.53 Å². The molecule has 2 N–H and O–H groups in total. The number of benzene rings is 1. The number of alkyl carbamates (subject to hydrolysis) is 1. The van der Waals surface area contributed by atoms with Gasteiger partial charge in [-0.1, -0.05) is 23.2 Å². The molecule has 2 rings (SSSR count). The van der Waals surface area contributed by atoms with Gasteiger partial charge in [-0.2, -0.15) is 0 Å². The molecular formula is C18H25Cl2N3O4. The molecule has 1 fully saturated rings. The van der Waals surface area contributed by atoms with E-state index in [1.807, 2.05) is 0 Å². The van der Waals surface area contributed by atoms with Crippen molar-refractivity contribution in [1.29, 1.82) is 0 Å². The minimum atomic E-state index is -0.561. The van der Waals surface area contributed by atoms with Crippen LogP contribution >= 0.6 is 23.2 Å². The molecule has 0 saturated carbocycles. The zero-order valence-electron chi connectivity index (χ0n) is 15.3. The second kappa shape index (κ2) is 11.2. The zero-order valence-corrected chi connectivity index (χ0v) is 16.8. The Morgan fingerprint density at radius 1 is 1.26 bits per heavy atom. The number of likely N-dealkylation sites (tertiary alicyclic amines) is 1. The lowest BCUT2D eigenvalue weighted by Gasteiger charge is -2.31. The summed E-state index contributed by atoms with van der Waals surface area (Å²) in [6.07, 6.45) is 1.41. The maximum Gasteiger partial charge on any atom is 0.407 e. The van der Waals surface area contributed by atoms with E-state index in [4.69, 9.17) is 32.7 Å². The molecule has 0 atom stereocenters. The molecular weight excluding hydrogens is 393 g/mol. The van der Waals surface area contributed by atoms with Gasteiger partial charge in [-0.25, -0.2) is 4.79 Å². The van der Waals surface area contributed by atoms with Gasteiger partial charge in [0, 0.05) is 25.2 Å². The molecule has 150 valence electrons. The van der Waals surface area contributed by atoms with Crippen LogP contribution in [0.4, 0.5) is 4.79 Å². The highest BCUT2D eigenvalue weighted by Crippen LogP contribution is 2.27. The van der Waals surface area contributed by atoms with Gasteiger partial charge in [0.25, 0.3) is 5.91 Å². The summed E-state index contributed by atoms with van der Waals surface area (Å²) < 4.78 is 10.5. The van der Waals surface area contributed by atoms with Crippen molar-refractivity contribution >= 4 is 35.2 Å². The molecule has 9 heteroatoms. The Kier molecular flexibility index (Phi) is 8.97. The monoisotopic (exact) mass is 417 g/mol. The fourth-order valence-electron chi connectivity index (χ4n) is 2.77. The van der Waals surface area contributed by atoms with E-state index in [0.29, 0.717) is 34.9 Å². The van der Waals surface area contributed by atoms with Crippen LogP contribution in [0.15, 0.2) is 18.2 Å². The van der Waals surface area contributed by atoms with E-state index in [1.54, 1.807) is 18.2 Å². The molecule has 2 amide bonds. The summed E-state index contributed by atoms with van der Waals surface area (Å²) in [4.78, 5) is 24.9. The highest BCUT2D eigenvalue weighted by Gasteiger charge is 2.20. The number of nitrogens with one attached hydrogen (secondary N) is 2. The second-order valence-electron chi connectivity index (χ2n) is 6.34. The third kappa shape index (κ3) is 7.82. The third-order valence-electron chi connectivity index (χ3n) is 4.41. The van der Waals surface area contributed by atoms with E-state index in [9.17, 15) is 9.59 Å². The number of carbonyl (C=O) groups excluding carboxylic acids is 2. The van der Waals surface area contributed by atoms with Gasteiger partial charge >= 0.3 is 6.09 Å². The summed E-state index contributed by atoms with van der Waals surface area (Å²) in [5.41, 5.74) is 0. The quantitative estimate of drug-likeness (QED) is 0.679. The van der Waals surface area contributed by atoms with Crippen molar-refractivity contribution in [1.82, 2.24) is 15.5 Å². The van der Waals surface area contributed by atoms with Crippen LogP contribution in [0.25, 0.3) is 0 Å². The lowest BCUT2D eigenvalue weighted by Crippen LogP contribution is -2.40. The molecule has 7 nitrogen and oxygen atoms in total. The molecule has 0 radical (unpaired) electrons. The molecule has 27 heavy (non-hydrogen) atoms. The van der Waals surface area contributed by atoms with Crippen LogP contribution in [0.2, 0.25) is 10.0 Å². The first-order valence-electron chi connectivity index (χ1n) is 8.89. The first-order valence-corrected chi connectivity index (χ1v) is 9.65. The van der Waals surface area contributed by atoms with Crippen molar-refractivity contribution < 1.29 is 19.1 Å². The topological polar surface area (TPSA) is 79.9 Å². The molecule has 1 heterocycles. The van der Waals surface area contributed by atoms with Crippen molar-refractivity contribution in [3.63, 3.8) is 0 Å². The maximum absolute atomic E-state index is 11.5. The Bertz CT molecular complexity index is 637. The number of piperidine rings is 1. The fraction of sp³-hybridized carbons (Fsp3) is 0.556. The van der Waals surface area contributed by atoms with Crippen molar-refractivity contribution in [3.8, 4) is 5.75 Å². The number of carbonyl (C=O) groups is 2. The standard InChI is InChI=1S/C18H25Cl2N3O4/c1-21-17(24)12-27-18(25)22-11-13-4-6-23(7-5-13)8-9-26-16-3-2-14(19)10-15(16)20/h2-3,10,13H,4-9,11-12H2,1H3,(H,21,24)(H,22,25). The summed E-state index contributed by atoms with van der Waals surface area (Å²) >= 11 is 12.0. The lowest BCUT2D eigenvalue weighted by molar-refractivity contribution is -0.123. The second-order valence-corrected chi connectivity index (χ2v) is 7.18. The Labute approximate surface area is 169 Å². The van der Waals surface area contributed by atoms with E-state index >= 15 is 0 Å². The molecule has 0 spiro atoms. The van der Waals surface area contributed by atoms with Crippen molar-refractivity contribution in [2.45, 2.75) is 12.8 Å². The van der Waals surface area contributed by atoms with Crippen molar-refractivity contribution in [2.75, 3.05) is 46.4 Å². The molecule has 0 aromatic heterocycles. The number of likely N-dealkylation sites (N-methyl/N-ethyl adjacent to an activating group) is 1. The van der Waals surface area contributed by atoms with Gasteiger partial charge in [-0.15, -0.1) is 0 Å². The molecule has 1 aromatic carbocycles. The Hall–Kier alpha value is -1.70. The summed E-state index contributed by atoms with van der Waals surface area (Å²) in [5, 5.41) is 6.20. The van der Waals surface area contributed by atoms with Crippen molar-refractivity contribution in [2.24, 2.45) is 5.92 Å². The predicted molar refractivity (Wildman–Crippen MR) is 105 cm³/mol. The molecule has 1 aliphatic heterocycles. The number of ether oxygens (including phenoxy) is 2. The summed E-state index contributed by atoms with van der Waals surface area (Å²) in [6, 6.07) is 5.18. The van der Waals surface area contributed by atoms with Crippen LogP contribution in [0, 0.1) is 5.92 Å². The van der Waals surface area contributed by atoms with Gasteiger partial charge in [0.1, 0.15) is 12.4 Å². The minimum Gasteiger partial charge on any atom is -0.491 e. The number of halogens is 2. The number of rotatable bonds is 8. The highest BCUT2D eigenvalue weighted by molar-refractivity contribution is 6.35. The predicted octanol–water partition coefficient (Wildman–Crippen LogP) is 2.56. The summed E-state index contributed by atoms with van der Waals surface area (Å²) in [5.74, 6) is 0.705. The van der Waals surface area contributed by atoms with Crippen LogP contribution in [0.3, 0.4) is 0 Å². The SMILES string of the molecule is CNC(=O)COC(=O)NCC1CCN(CCOc2ccc(Cl)cc2Cl)CC1. The largest absolute Gasteiger partial charge is 0.491 e. The van der Waals surface area contributed by atoms with Crippen LogP contribution in [0.5, 0.6) is 5.75 Å². The molecule has 0 bridgehead atoms. The molecule has 0 unspecified atom stereocenters. The average molecular weight is 418 g/mol. The minimum absolute atomic E-state index is 0.265. The Morgan fingerprint density at radius 2 is 2.00 bits per heavy atom. The fourth-order valence-corrected chi connectivity index (χ4v) is 3.24. The van der Waals surface area contributed by atoms with Crippen molar-refractivity contribution in [3.05, 3.63) is 28.2 Å². The first kappa shape index (κ1) is 21.6. The number of hydrogen-bond donors (Lipinski definition) is 2. The third-order valence-corrected chi connectivity index (χ3v) is 4.94. The summed E-state index contributed by atoms with van der Waals surface area (Å²) in [6.45, 7) is 3.54. The smallest absolute Gasteiger partial charge is 0.407 e. The molecule has 1 aliphatic rings. The van der Waals surface area contributed by atoms with Gasteiger partial charge < -0.3 is 20.1 Å². The van der Waals surface area contributed by atoms with Crippen LogP contribution in [-0.4, -0.2) is 63.3 Å². The Morgan fingerprint density at radius 3 is 2.67 bits per heavy atom. The molecule has 1 saturated heterocycles. The van der Waals surface area contributed by atoms with Gasteiger partial charge in [-0.3, -0.25) is 9.69 Å². The van der Waals surface area contributed by atoms with Crippen LogP contribution < -0.4 is 15.4 Å². The normalized spacial score (nSPS) is 15.2. The van der Waals surface area contributed by atoms with E-state index in [-0.39, 0.29) is 12.5 Å². The number of nitrogens with zero attached hydrogens (tertiary/aromatic N) is 1. The van der Waals surface area contributed by atoms with Gasteiger partial charge in [0.2, 0.25) is 0 Å². The van der Waals surface area contributed by atoms with E-state index in [2.05, 4.69) is 15.5 Å². The average Bonchev–Trinajstić information content (AvgIpc) is 2.67. The number of hydrogen-bond acceptors (Lipinski definition) is 5. The van der Waals surface area contributed by atoms with E-state index in [0.717, 1.165) is 32.5 Å². The Balaban J connectivity index is 1.58. The highest BCUT2D eigenvalue weighted by atomic mass is 35.5. The van der Waals surface area contributed by atoms with E-state index in [1.165, 1.54) is 7.05 Å². The van der Waals surface area contributed by atoms with Gasteiger partial charge in [0.15, 0.2) is 6.61 Å². The lowest BCUT2D eigenvalue weighted by atomic mass is 9.97. The molecule has 1 aromatic rings. The van der Waals surface area contributed by atoms with Crippen LogP contribution in [0.1, 0.15) is 12.8 Å². The van der Waals surface area contributed by atoms with Gasteiger partial charge in [0.05, 0.1) is 5.02 Å². The van der Waals surface area contributed by atoms with Gasteiger partial charge in [-0.05, 0) is 50.0 Å². The maximum atomic E-state index is 11.5. The zero-order chi connectivity index (χ0) is 19.6. The first-order chi connectivity index (χ1) is 13.0. The summed E-state index contributed by atoms with van der Waals surface area (Å²) in [7, 11) is 1.49.